The van der Waals surface area contributed by atoms with Gasteiger partial charge in [-0.15, -0.1) is 0 Å². The number of hydrogen-bond donors (Lipinski definition) is 1. The van der Waals surface area contributed by atoms with E-state index in [1.807, 2.05) is 37.3 Å². The SMILES string of the molecule is CCOc1cc(C(Cc2ccccc2)C(=O)O)ncn1. The van der Waals surface area contributed by atoms with Crippen LogP contribution in [-0.4, -0.2) is 27.7 Å². The predicted octanol–water partition coefficient (Wildman–Crippen LogP) is 2.29. The molecule has 0 radical (unpaired) electrons. The van der Waals surface area contributed by atoms with E-state index in [2.05, 4.69) is 9.97 Å². The molecule has 0 bridgehead atoms. The van der Waals surface area contributed by atoms with Gasteiger partial charge in [-0.05, 0) is 18.9 Å². The molecule has 1 heterocycles. The molecule has 104 valence electrons. The van der Waals surface area contributed by atoms with Crippen molar-refractivity contribution in [3.05, 3.63) is 54.0 Å². The smallest absolute Gasteiger partial charge is 0.312 e. The van der Waals surface area contributed by atoms with E-state index in [4.69, 9.17) is 4.74 Å². The second-order valence-electron chi connectivity index (χ2n) is 4.29. The van der Waals surface area contributed by atoms with Crippen LogP contribution < -0.4 is 4.74 Å². The van der Waals surface area contributed by atoms with Gasteiger partial charge in [0.25, 0.3) is 0 Å². The van der Waals surface area contributed by atoms with Gasteiger partial charge in [0.05, 0.1) is 12.3 Å². The number of benzene rings is 1. The van der Waals surface area contributed by atoms with Crippen molar-refractivity contribution in [3.8, 4) is 5.88 Å². The van der Waals surface area contributed by atoms with Crippen LogP contribution in [0.25, 0.3) is 0 Å². The average molecular weight is 272 g/mol. The summed E-state index contributed by atoms with van der Waals surface area (Å²) in [6.07, 6.45) is 1.72. The third kappa shape index (κ3) is 3.54. The Balaban J connectivity index is 2.24. The minimum Gasteiger partial charge on any atom is -0.481 e. The number of carboxylic acid groups (broad SMARTS) is 1. The maximum atomic E-state index is 11.5. The molecule has 1 aromatic heterocycles. The molecular weight excluding hydrogens is 256 g/mol. The molecule has 2 rings (SSSR count). The van der Waals surface area contributed by atoms with Gasteiger partial charge in [-0.2, -0.15) is 0 Å². The first-order chi connectivity index (χ1) is 9.70. The van der Waals surface area contributed by atoms with E-state index >= 15 is 0 Å². The number of rotatable bonds is 6. The number of ether oxygens (including phenoxy) is 1. The Morgan fingerprint density at radius 3 is 2.70 bits per heavy atom. The molecule has 0 fully saturated rings. The molecule has 0 aliphatic rings. The molecule has 0 saturated carbocycles. The van der Waals surface area contributed by atoms with Gasteiger partial charge in [-0.25, -0.2) is 9.97 Å². The highest BCUT2D eigenvalue weighted by molar-refractivity contribution is 5.76. The maximum Gasteiger partial charge on any atom is 0.312 e. The monoisotopic (exact) mass is 272 g/mol. The van der Waals surface area contributed by atoms with Gasteiger partial charge in [0, 0.05) is 6.07 Å². The van der Waals surface area contributed by atoms with E-state index < -0.39 is 11.9 Å². The Bertz CT molecular complexity index is 572. The highest BCUT2D eigenvalue weighted by Gasteiger charge is 2.22. The van der Waals surface area contributed by atoms with Crippen molar-refractivity contribution in [2.24, 2.45) is 0 Å². The summed E-state index contributed by atoms with van der Waals surface area (Å²) >= 11 is 0. The summed E-state index contributed by atoms with van der Waals surface area (Å²) in [5.74, 6) is -1.22. The normalized spacial score (nSPS) is 11.8. The van der Waals surface area contributed by atoms with Crippen LogP contribution in [0.5, 0.6) is 5.88 Å². The molecule has 5 heteroatoms. The van der Waals surface area contributed by atoms with E-state index in [1.165, 1.54) is 6.33 Å². The molecule has 0 spiro atoms. The van der Waals surface area contributed by atoms with Gasteiger partial charge in [0.1, 0.15) is 12.2 Å². The number of carbonyl (C=O) groups is 1. The summed E-state index contributed by atoms with van der Waals surface area (Å²) < 4.78 is 5.28. The van der Waals surface area contributed by atoms with Crippen molar-refractivity contribution in [1.29, 1.82) is 0 Å². The number of carboxylic acids is 1. The van der Waals surface area contributed by atoms with Gasteiger partial charge in [0.2, 0.25) is 5.88 Å². The van der Waals surface area contributed by atoms with Gasteiger partial charge in [-0.1, -0.05) is 30.3 Å². The van der Waals surface area contributed by atoms with Gasteiger partial charge in [-0.3, -0.25) is 4.79 Å². The van der Waals surface area contributed by atoms with Crippen LogP contribution in [0.1, 0.15) is 24.1 Å². The van der Waals surface area contributed by atoms with Crippen molar-refractivity contribution in [3.63, 3.8) is 0 Å². The zero-order valence-electron chi connectivity index (χ0n) is 11.2. The highest BCUT2D eigenvalue weighted by atomic mass is 16.5. The third-order valence-electron chi connectivity index (χ3n) is 2.89. The first-order valence-electron chi connectivity index (χ1n) is 6.42. The Morgan fingerprint density at radius 1 is 1.30 bits per heavy atom. The Hall–Kier alpha value is -2.43. The van der Waals surface area contributed by atoms with E-state index in [0.29, 0.717) is 24.6 Å². The summed E-state index contributed by atoms with van der Waals surface area (Å²) in [4.78, 5) is 19.5. The molecule has 1 unspecified atom stereocenters. The minimum absolute atomic E-state index is 0.388. The average Bonchev–Trinajstić information content (AvgIpc) is 2.46. The van der Waals surface area contributed by atoms with E-state index in [9.17, 15) is 9.90 Å². The van der Waals surface area contributed by atoms with Crippen LogP contribution in [0.2, 0.25) is 0 Å². The predicted molar refractivity (Wildman–Crippen MR) is 73.7 cm³/mol. The number of aromatic nitrogens is 2. The summed E-state index contributed by atoms with van der Waals surface area (Å²) in [5, 5.41) is 9.41. The molecule has 1 aromatic carbocycles. The summed E-state index contributed by atoms with van der Waals surface area (Å²) in [6, 6.07) is 11.1. The maximum absolute atomic E-state index is 11.5. The lowest BCUT2D eigenvalue weighted by Gasteiger charge is -2.12. The number of aliphatic carboxylic acids is 1. The second-order valence-corrected chi connectivity index (χ2v) is 4.29. The quantitative estimate of drug-likeness (QED) is 0.873. The van der Waals surface area contributed by atoms with Crippen LogP contribution in [-0.2, 0) is 11.2 Å². The van der Waals surface area contributed by atoms with Gasteiger partial charge < -0.3 is 9.84 Å². The largest absolute Gasteiger partial charge is 0.481 e. The molecule has 1 atom stereocenters. The lowest BCUT2D eigenvalue weighted by Crippen LogP contribution is -2.16. The second kappa shape index (κ2) is 6.65. The first kappa shape index (κ1) is 14.0. The van der Waals surface area contributed by atoms with Crippen LogP contribution in [0, 0.1) is 0 Å². The van der Waals surface area contributed by atoms with Crippen molar-refractivity contribution < 1.29 is 14.6 Å². The van der Waals surface area contributed by atoms with Crippen LogP contribution in [0.15, 0.2) is 42.7 Å². The fourth-order valence-corrected chi connectivity index (χ4v) is 1.94. The first-order valence-corrected chi connectivity index (χ1v) is 6.42. The Kier molecular flexibility index (Phi) is 4.65. The summed E-state index contributed by atoms with van der Waals surface area (Å²) in [7, 11) is 0. The lowest BCUT2D eigenvalue weighted by atomic mass is 9.96. The molecule has 20 heavy (non-hydrogen) atoms. The molecule has 0 saturated heterocycles. The number of hydrogen-bond acceptors (Lipinski definition) is 4. The molecule has 0 aliphatic carbocycles. The third-order valence-corrected chi connectivity index (χ3v) is 2.89. The van der Waals surface area contributed by atoms with E-state index in [0.717, 1.165) is 5.56 Å². The summed E-state index contributed by atoms with van der Waals surface area (Å²) in [5.41, 5.74) is 1.41. The molecule has 2 aromatic rings. The number of nitrogens with zero attached hydrogens (tertiary/aromatic N) is 2. The van der Waals surface area contributed by atoms with Crippen LogP contribution in [0.3, 0.4) is 0 Å². The minimum atomic E-state index is -0.907. The molecule has 5 nitrogen and oxygen atoms in total. The molecular formula is C15H16N2O3. The fraction of sp³-hybridized carbons (Fsp3) is 0.267. The fourth-order valence-electron chi connectivity index (χ4n) is 1.94. The Labute approximate surface area is 117 Å². The topological polar surface area (TPSA) is 72.3 Å². The van der Waals surface area contributed by atoms with Crippen LogP contribution >= 0.6 is 0 Å². The Morgan fingerprint density at radius 2 is 2.05 bits per heavy atom. The molecule has 1 N–H and O–H groups in total. The highest BCUT2D eigenvalue weighted by Crippen LogP contribution is 2.21. The lowest BCUT2D eigenvalue weighted by molar-refractivity contribution is -0.138. The van der Waals surface area contributed by atoms with Gasteiger partial charge >= 0.3 is 5.97 Å². The molecule has 0 aliphatic heterocycles. The van der Waals surface area contributed by atoms with E-state index in [1.54, 1.807) is 6.07 Å². The van der Waals surface area contributed by atoms with E-state index in [-0.39, 0.29) is 0 Å². The van der Waals surface area contributed by atoms with Gasteiger partial charge in [0.15, 0.2) is 0 Å². The van der Waals surface area contributed by atoms with Crippen LogP contribution in [0.4, 0.5) is 0 Å². The summed E-state index contributed by atoms with van der Waals surface area (Å²) in [6.45, 7) is 2.33. The zero-order chi connectivity index (χ0) is 14.4. The van der Waals surface area contributed by atoms with Crippen molar-refractivity contribution >= 4 is 5.97 Å². The standard InChI is InChI=1S/C15H16N2O3/c1-2-20-14-9-13(16-10-17-14)12(15(18)19)8-11-6-4-3-5-7-11/h3-7,9-10,12H,2,8H2,1H3,(H,18,19). The van der Waals surface area contributed by atoms with Crippen molar-refractivity contribution in [2.75, 3.05) is 6.61 Å². The van der Waals surface area contributed by atoms with Crippen molar-refractivity contribution in [1.82, 2.24) is 9.97 Å². The van der Waals surface area contributed by atoms with Crippen molar-refractivity contribution in [2.45, 2.75) is 19.3 Å². The zero-order valence-corrected chi connectivity index (χ0v) is 11.2. The molecule has 0 amide bonds.